The molecule has 0 bridgehead atoms. The van der Waals surface area contributed by atoms with E-state index in [4.69, 9.17) is 5.11 Å². The molecule has 0 heterocycles. The first-order valence-corrected chi connectivity index (χ1v) is 6.32. The molecule has 1 unspecified atom stereocenters. The number of benzene rings is 1. The van der Waals surface area contributed by atoms with Crippen molar-refractivity contribution in [2.24, 2.45) is 0 Å². The molecule has 1 amide bonds. The standard InChI is InChI=1S/C15H21NO2/c1-3-14(9-10-17)16-15(18)11-12(2)13-7-5-4-6-8-13/h4-8,11,14,17H,3,9-10H2,1-2H3,(H,16,18)/b12-11-. The minimum absolute atomic E-state index is 0.0438. The van der Waals surface area contributed by atoms with E-state index >= 15 is 0 Å². The molecule has 0 aliphatic carbocycles. The Kier molecular flexibility index (Phi) is 6.15. The number of rotatable bonds is 6. The summed E-state index contributed by atoms with van der Waals surface area (Å²) in [5, 5.41) is 11.8. The number of amides is 1. The zero-order valence-electron chi connectivity index (χ0n) is 11.0. The summed E-state index contributed by atoms with van der Waals surface area (Å²) in [6.45, 7) is 4.01. The van der Waals surface area contributed by atoms with Crippen molar-refractivity contribution in [1.29, 1.82) is 0 Å². The van der Waals surface area contributed by atoms with E-state index in [1.807, 2.05) is 44.2 Å². The Morgan fingerprint density at radius 1 is 1.39 bits per heavy atom. The van der Waals surface area contributed by atoms with E-state index in [-0.39, 0.29) is 18.6 Å². The number of allylic oxidation sites excluding steroid dienone is 1. The highest BCUT2D eigenvalue weighted by Crippen LogP contribution is 2.12. The van der Waals surface area contributed by atoms with Crippen molar-refractivity contribution < 1.29 is 9.90 Å². The topological polar surface area (TPSA) is 49.3 Å². The van der Waals surface area contributed by atoms with Gasteiger partial charge in [-0.05, 0) is 30.9 Å². The molecule has 3 nitrogen and oxygen atoms in total. The molecule has 1 aromatic rings. The summed E-state index contributed by atoms with van der Waals surface area (Å²) in [6, 6.07) is 9.85. The molecule has 1 rings (SSSR count). The fraction of sp³-hybridized carbons (Fsp3) is 0.400. The SMILES string of the molecule is CCC(CCO)NC(=O)/C=C(/C)c1ccccc1. The van der Waals surface area contributed by atoms with E-state index in [9.17, 15) is 4.79 Å². The number of nitrogens with one attached hydrogen (secondary N) is 1. The Balaban J connectivity index is 2.63. The van der Waals surface area contributed by atoms with Crippen LogP contribution in [-0.2, 0) is 4.79 Å². The second-order valence-electron chi connectivity index (χ2n) is 4.32. The van der Waals surface area contributed by atoms with Gasteiger partial charge in [-0.1, -0.05) is 37.3 Å². The van der Waals surface area contributed by atoms with Crippen molar-refractivity contribution in [2.45, 2.75) is 32.7 Å². The molecule has 0 spiro atoms. The Morgan fingerprint density at radius 2 is 2.06 bits per heavy atom. The molecular weight excluding hydrogens is 226 g/mol. The van der Waals surface area contributed by atoms with Crippen LogP contribution in [0.1, 0.15) is 32.3 Å². The molecule has 3 heteroatoms. The molecule has 1 atom stereocenters. The third-order valence-corrected chi connectivity index (χ3v) is 2.89. The fourth-order valence-electron chi connectivity index (χ4n) is 1.76. The van der Waals surface area contributed by atoms with Crippen LogP contribution in [-0.4, -0.2) is 23.7 Å². The van der Waals surface area contributed by atoms with Gasteiger partial charge in [-0.2, -0.15) is 0 Å². The van der Waals surface area contributed by atoms with E-state index in [0.29, 0.717) is 6.42 Å². The maximum atomic E-state index is 11.8. The van der Waals surface area contributed by atoms with Crippen LogP contribution >= 0.6 is 0 Å². The van der Waals surface area contributed by atoms with E-state index < -0.39 is 0 Å². The van der Waals surface area contributed by atoms with E-state index in [1.54, 1.807) is 6.08 Å². The predicted octanol–water partition coefficient (Wildman–Crippen LogP) is 2.37. The largest absolute Gasteiger partial charge is 0.396 e. The lowest BCUT2D eigenvalue weighted by atomic mass is 10.1. The third-order valence-electron chi connectivity index (χ3n) is 2.89. The number of hydrogen-bond acceptors (Lipinski definition) is 2. The van der Waals surface area contributed by atoms with Crippen molar-refractivity contribution in [2.75, 3.05) is 6.61 Å². The lowest BCUT2D eigenvalue weighted by Gasteiger charge is -2.14. The number of carbonyl (C=O) groups excluding carboxylic acids is 1. The summed E-state index contributed by atoms with van der Waals surface area (Å²) in [5.41, 5.74) is 1.98. The Hall–Kier alpha value is -1.61. The average molecular weight is 247 g/mol. The van der Waals surface area contributed by atoms with Gasteiger partial charge < -0.3 is 10.4 Å². The summed E-state index contributed by atoms with van der Waals surface area (Å²) >= 11 is 0. The molecule has 18 heavy (non-hydrogen) atoms. The van der Waals surface area contributed by atoms with Crippen molar-refractivity contribution in [3.8, 4) is 0 Å². The molecule has 1 aromatic carbocycles. The van der Waals surface area contributed by atoms with Gasteiger partial charge in [-0.15, -0.1) is 0 Å². The minimum Gasteiger partial charge on any atom is -0.396 e. The molecule has 0 saturated carbocycles. The molecule has 0 aromatic heterocycles. The molecule has 2 N–H and O–H groups in total. The zero-order chi connectivity index (χ0) is 13.4. The van der Waals surface area contributed by atoms with Gasteiger partial charge in [0.05, 0.1) is 0 Å². The molecule has 0 aliphatic heterocycles. The first-order chi connectivity index (χ1) is 8.67. The van der Waals surface area contributed by atoms with Crippen molar-refractivity contribution in [3.05, 3.63) is 42.0 Å². The predicted molar refractivity (Wildman–Crippen MR) is 74.0 cm³/mol. The van der Waals surface area contributed by atoms with Crippen molar-refractivity contribution in [3.63, 3.8) is 0 Å². The second kappa shape index (κ2) is 7.67. The Labute approximate surface area is 109 Å². The smallest absolute Gasteiger partial charge is 0.244 e. The number of carbonyl (C=O) groups is 1. The van der Waals surface area contributed by atoms with Crippen molar-refractivity contribution >= 4 is 11.5 Å². The Morgan fingerprint density at radius 3 is 2.61 bits per heavy atom. The zero-order valence-corrected chi connectivity index (χ0v) is 11.0. The van der Waals surface area contributed by atoms with Gasteiger partial charge in [0, 0.05) is 18.7 Å². The molecule has 0 aliphatic rings. The van der Waals surface area contributed by atoms with Crippen LogP contribution in [0, 0.1) is 0 Å². The van der Waals surface area contributed by atoms with Gasteiger partial charge in [-0.25, -0.2) is 0 Å². The van der Waals surface area contributed by atoms with Gasteiger partial charge in [0.25, 0.3) is 0 Å². The monoisotopic (exact) mass is 247 g/mol. The van der Waals surface area contributed by atoms with Crippen molar-refractivity contribution in [1.82, 2.24) is 5.32 Å². The summed E-state index contributed by atoms with van der Waals surface area (Å²) in [5.74, 6) is -0.100. The Bertz CT molecular complexity index is 398. The first-order valence-electron chi connectivity index (χ1n) is 6.32. The average Bonchev–Trinajstić information content (AvgIpc) is 2.39. The van der Waals surface area contributed by atoms with Crippen LogP contribution in [0.2, 0.25) is 0 Å². The number of aliphatic hydroxyl groups is 1. The highest BCUT2D eigenvalue weighted by molar-refractivity contribution is 5.94. The van der Waals surface area contributed by atoms with Crippen LogP contribution in [0.25, 0.3) is 5.57 Å². The minimum atomic E-state index is -0.100. The second-order valence-corrected chi connectivity index (χ2v) is 4.32. The molecule has 0 saturated heterocycles. The van der Waals surface area contributed by atoms with Gasteiger partial charge in [-0.3, -0.25) is 4.79 Å². The van der Waals surface area contributed by atoms with Gasteiger partial charge >= 0.3 is 0 Å². The van der Waals surface area contributed by atoms with E-state index in [0.717, 1.165) is 17.6 Å². The summed E-state index contributed by atoms with van der Waals surface area (Å²) in [6.07, 6.45) is 3.03. The normalized spacial score (nSPS) is 13.2. The lowest BCUT2D eigenvalue weighted by molar-refractivity contribution is -0.117. The molecular formula is C15H21NO2. The van der Waals surface area contributed by atoms with Crippen LogP contribution < -0.4 is 5.32 Å². The molecule has 0 radical (unpaired) electrons. The van der Waals surface area contributed by atoms with E-state index in [1.165, 1.54) is 0 Å². The van der Waals surface area contributed by atoms with Gasteiger partial charge in [0.15, 0.2) is 0 Å². The highest BCUT2D eigenvalue weighted by Gasteiger charge is 2.08. The van der Waals surface area contributed by atoms with Crippen LogP contribution in [0.15, 0.2) is 36.4 Å². The van der Waals surface area contributed by atoms with Gasteiger partial charge in [0.1, 0.15) is 0 Å². The first kappa shape index (κ1) is 14.5. The number of aliphatic hydroxyl groups excluding tert-OH is 1. The maximum Gasteiger partial charge on any atom is 0.244 e. The third kappa shape index (κ3) is 4.72. The van der Waals surface area contributed by atoms with Crippen LogP contribution in [0.5, 0.6) is 0 Å². The molecule has 98 valence electrons. The fourth-order valence-corrected chi connectivity index (χ4v) is 1.76. The molecule has 0 fully saturated rings. The maximum absolute atomic E-state index is 11.8. The highest BCUT2D eigenvalue weighted by atomic mass is 16.3. The van der Waals surface area contributed by atoms with E-state index in [2.05, 4.69) is 5.32 Å². The lowest BCUT2D eigenvalue weighted by Crippen LogP contribution is -2.33. The summed E-state index contributed by atoms with van der Waals surface area (Å²) in [7, 11) is 0. The summed E-state index contributed by atoms with van der Waals surface area (Å²) in [4.78, 5) is 11.8. The number of hydrogen-bond donors (Lipinski definition) is 2. The van der Waals surface area contributed by atoms with Crippen LogP contribution in [0.3, 0.4) is 0 Å². The van der Waals surface area contributed by atoms with Gasteiger partial charge in [0.2, 0.25) is 5.91 Å². The summed E-state index contributed by atoms with van der Waals surface area (Å²) < 4.78 is 0. The quantitative estimate of drug-likeness (QED) is 0.758. The van der Waals surface area contributed by atoms with Crippen LogP contribution in [0.4, 0.5) is 0 Å².